The molecule has 1 atom stereocenters. The van der Waals surface area contributed by atoms with Crippen molar-refractivity contribution < 1.29 is 27.5 Å². The molecule has 0 aliphatic rings. The quantitative estimate of drug-likeness (QED) is 0.733. The van der Waals surface area contributed by atoms with E-state index in [4.69, 9.17) is 4.74 Å². The molecule has 0 unspecified atom stereocenters. The highest BCUT2D eigenvalue weighted by molar-refractivity contribution is 5.97. The Morgan fingerprint density at radius 1 is 1.27 bits per heavy atom. The van der Waals surface area contributed by atoms with E-state index >= 15 is 0 Å². The van der Waals surface area contributed by atoms with Crippen molar-refractivity contribution in [2.75, 3.05) is 17.2 Å². The minimum absolute atomic E-state index is 0.0279. The molecule has 7 nitrogen and oxygen atoms in total. The highest BCUT2D eigenvalue weighted by Crippen LogP contribution is 2.32. The van der Waals surface area contributed by atoms with Gasteiger partial charge in [-0.05, 0) is 40.7 Å². The fourth-order valence-corrected chi connectivity index (χ4v) is 1.82. The largest absolute Gasteiger partial charge is 0.444 e. The Bertz CT molecular complexity index is 657. The van der Waals surface area contributed by atoms with Gasteiger partial charge in [-0.3, -0.25) is 4.79 Å². The summed E-state index contributed by atoms with van der Waals surface area (Å²) in [4.78, 5) is 27.5. The molecular formula is C16H23F3N4O3. The summed E-state index contributed by atoms with van der Waals surface area (Å²) in [7, 11) is 0. The molecule has 3 N–H and O–H groups in total. The van der Waals surface area contributed by atoms with E-state index < -0.39 is 35.4 Å². The summed E-state index contributed by atoms with van der Waals surface area (Å²) < 4.78 is 43.4. The van der Waals surface area contributed by atoms with Crippen molar-refractivity contribution >= 4 is 23.5 Å². The molecule has 0 aliphatic heterocycles. The van der Waals surface area contributed by atoms with Gasteiger partial charge in [0.1, 0.15) is 11.6 Å². The van der Waals surface area contributed by atoms with Crippen molar-refractivity contribution in [3.05, 3.63) is 17.8 Å². The molecule has 146 valence electrons. The first kappa shape index (κ1) is 21.5. The minimum atomic E-state index is -4.55. The average Bonchev–Trinajstić information content (AvgIpc) is 2.45. The Hall–Kier alpha value is -2.52. The molecule has 1 aromatic rings. The van der Waals surface area contributed by atoms with Crippen LogP contribution in [0, 0.1) is 0 Å². The van der Waals surface area contributed by atoms with E-state index in [0.717, 1.165) is 6.07 Å². The van der Waals surface area contributed by atoms with Crippen LogP contribution in [0.4, 0.5) is 29.5 Å². The number of carbonyl (C=O) groups excluding carboxylic acids is 2. The summed E-state index contributed by atoms with van der Waals surface area (Å²) in [6, 6.07) is -0.124. The van der Waals surface area contributed by atoms with Gasteiger partial charge in [-0.2, -0.15) is 13.2 Å². The molecule has 0 fully saturated rings. The Kier molecular flexibility index (Phi) is 6.82. The summed E-state index contributed by atoms with van der Waals surface area (Å²) >= 11 is 0. The number of ether oxygens (including phenoxy) is 1. The number of halogens is 3. The zero-order chi connectivity index (χ0) is 20.1. The lowest BCUT2D eigenvalue weighted by atomic mass is 10.2. The van der Waals surface area contributed by atoms with Crippen LogP contribution in [0.5, 0.6) is 0 Å². The maximum atomic E-state index is 12.8. The average molecular weight is 376 g/mol. The molecule has 0 bridgehead atoms. The second-order valence-electron chi connectivity index (χ2n) is 6.51. The fourth-order valence-electron chi connectivity index (χ4n) is 1.82. The molecule has 1 heterocycles. The van der Waals surface area contributed by atoms with E-state index in [0.29, 0.717) is 12.7 Å². The second-order valence-corrected chi connectivity index (χ2v) is 6.51. The second kappa shape index (κ2) is 8.24. The number of hydrogen-bond donors (Lipinski definition) is 3. The number of alkyl carbamates (subject to hydrolysis) is 1. The molecule has 0 saturated heterocycles. The normalized spacial score (nSPS) is 12.9. The van der Waals surface area contributed by atoms with Gasteiger partial charge < -0.3 is 20.7 Å². The fraction of sp³-hybridized carbons (Fsp3) is 0.562. The first-order valence-electron chi connectivity index (χ1n) is 7.95. The molecule has 0 aromatic carbocycles. The number of amides is 2. The molecule has 0 aliphatic carbocycles. The molecule has 0 saturated carbocycles. The lowest BCUT2D eigenvalue weighted by Gasteiger charge is -2.22. The monoisotopic (exact) mass is 376 g/mol. The highest BCUT2D eigenvalue weighted by atomic mass is 19.4. The maximum absolute atomic E-state index is 12.8. The van der Waals surface area contributed by atoms with Crippen molar-refractivity contribution in [2.45, 2.75) is 52.4 Å². The zero-order valence-electron chi connectivity index (χ0n) is 15.2. The molecule has 1 rings (SSSR count). The van der Waals surface area contributed by atoms with Gasteiger partial charge in [0, 0.05) is 12.7 Å². The molecule has 0 spiro atoms. The zero-order valence-corrected chi connectivity index (χ0v) is 15.2. The van der Waals surface area contributed by atoms with Gasteiger partial charge in [0.05, 0.1) is 11.3 Å². The standard InChI is InChI=1S/C16H23F3N4O3/c1-6-20-11-7-10(16(17,18)19)8-21-12(11)23-13(24)9(2)22-14(25)26-15(3,4)5/h7-9,20H,6H2,1-5H3,(H,22,25)(H,21,23,24)/t9-/m1/s1. The third-order valence-corrected chi connectivity index (χ3v) is 2.95. The van der Waals surface area contributed by atoms with E-state index in [1.807, 2.05) is 0 Å². The van der Waals surface area contributed by atoms with Crippen molar-refractivity contribution in [3.63, 3.8) is 0 Å². The molecular weight excluding hydrogens is 353 g/mol. The number of aromatic nitrogens is 1. The van der Waals surface area contributed by atoms with Gasteiger partial charge in [-0.1, -0.05) is 0 Å². The summed E-state index contributed by atoms with van der Waals surface area (Å²) in [6.07, 6.45) is -4.71. The van der Waals surface area contributed by atoms with Gasteiger partial charge in [0.15, 0.2) is 5.82 Å². The third kappa shape index (κ3) is 6.77. The number of pyridine rings is 1. The summed E-state index contributed by atoms with van der Waals surface area (Å²) in [5.41, 5.74) is -1.64. The predicted octanol–water partition coefficient (Wildman–Crippen LogP) is 3.38. The molecule has 10 heteroatoms. The Morgan fingerprint density at radius 3 is 2.38 bits per heavy atom. The van der Waals surface area contributed by atoms with Gasteiger partial charge in [0.25, 0.3) is 0 Å². The van der Waals surface area contributed by atoms with Crippen LogP contribution in [-0.2, 0) is 15.7 Å². The number of alkyl halides is 3. The van der Waals surface area contributed by atoms with Crippen molar-refractivity contribution in [1.82, 2.24) is 10.3 Å². The minimum Gasteiger partial charge on any atom is -0.444 e. The highest BCUT2D eigenvalue weighted by Gasteiger charge is 2.32. The van der Waals surface area contributed by atoms with Gasteiger partial charge in [-0.15, -0.1) is 0 Å². The number of nitrogens with zero attached hydrogens (tertiary/aromatic N) is 1. The van der Waals surface area contributed by atoms with Crippen molar-refractivity contribution in [3.8, 4) is 0 Å². The smallest absolute Gasteiger partial charge is 0.417 e. The van der Waals surface area contributed by atoms with E-state index in [9.17, 15) is 22.8 Å². The van der Waals surface area contributed by atoms with Crippen LogP contribution in [0.3, 0.4) is 0 Å². The van der Waals surface area contributed by atoms with Gasteiger partial charge >= 0.3 is 12.3 Å². The number of carbonyl (C=O) groups is 2. The first-order valence-corrected chi connectivity index (χ1v) is 7.95. The SMILES string of the molecule is CCNc1cc(C(F)(F)F)cnc1NC(=O)[C@@H](C)NC(=O)OC(C)(C)C. The maximum Gasteiger partial charge on any atom is 0.417 e. The topological polar surface area (TPSA) is 92.4 Å². The first-order chi connectivity index (χ1) is 11.8. The van der Waals surface area contributed by atoms with Gasteiger partial charge in [-0.25, -0.2) is 9.78 Å². The Morgan fingerprint density at radius 2 is 1.88 bits per heavy atom. The Balaban J connectivity index is 2.86. The number of nitrogens with one attached hydrogen (secondary N) is 3. The summed E-state index contributed by atoms with van der Waals surface area (Å²) in [6.45, 7) is 8.46. The van der Waals surface area contributed by atoms with E-state index in [-0.39, 0.29) is 11.5 Å². The number of anilines is 2. The summed E-state index contributed by atoms with van der Waals surface area (Å²) in [5, 5.41) is 7.45. The molecule has 0 radical (unpaired) electrons. The van der Waals surface area contributed by atoms with E-state index in [1.54, 1.807) is 27.7 Å². The van der Waals surface area contributed by atoms with Gasteiger partial charge in [0.2, 0.25) is 5.91 Å². The molecule has 1 aromatic heterocycles. The molecule has 26 heavy (non-hydrogen) atoms. The number of rotatable bonds is 5. The van der Waals surface area contributed by atoms with Crippen LogP contribution in [0.25, 0.3) is 0 Å². The van der Waals surface area contributed by atoms with Crippen LogP contribution in [0.15, 0.2) is 12.3 Å². The van der Waals surface area contributed by atoms with Crippen molar-refractivity contribution in [1.29, 1.82) is 0 Å². The van der Waals surface area contributed by atoms with Crippen LogP contribution >= 0.6 is 0 Å². The summed E-state index contributed by atoms with van der Waals surface area (Å²) in [5.74, 6) is -0.718. The third-order valence-electron chi connectivity index (χ3n) is 2.95. The van der Waals surface area contributed by atoms with Crippen LogP contribution in [0.1, 0.15) is 40.2 Å². The molecule has 2 amide bonds. The Labute approximate surface area is 149 Å². The number of hydrogen-bond acceptors (Lipinski definition) is 5. The lowest BCUT2D eigenvalue weighted by Crippen LogP contribution is -2.44. The van der Waals surface area contributed by atoms with E-state index in [1.165, 1.54) is 6.92 Å². The predicted molar refractivity (Wildman–Crippen MR) is 90.9 cm³/mol. The van der Waals surface area contributed by atoms with E-state index in [2.05, 4.69) is 20.9 Å². The van der Waals surface area contributed by atoms with Crippen LogP contribution in [0.2, 0.25) is 0 Å². The van der Waals surface area contributed by atoms with Crippen LogP contribution in [-0.4, -0.2) is 35.2 Å². The van der Waals surface area contributed by atoms with Crippen molar-refractivity contribution in [2.24, 2.45) is 0 Å². The lowest BCUT2D eigenvalue weighted by molar-refractivity contribution is -0.137. The van der Waals surface area contributed by atoms with Crippen LogP contribution < -0.4 is 16.0 Å².